The number of aryl methyl sites for hydroxylation is 1. The van der Waals surface area contributed by atoms with Crippen molar-refractivity contribution < 1.29 is 4.79 Å². The minimum absolute atomic E-state index is 0.0735. The second-order valence-electron chi connectivity index (χ2n) is 7.13. The average molecular weight is 342 g/mol. The highest BCUT2D eigenvalue weighted by Crippen LogP contribution is 2.31. The van der Waals surface area contributed by atoms with Crippen LogP contribution in [0, 0.1) is 6.92 Å². The predicted octanol–water partition coefficient (Wildman–Crippen LogP) is 0.590. The monoisotopic (exact) mass is 342 g/mol. The lowest BCUT2D eigenvalue weighted by Gasteiger charge is -2.38. The van der Waals surface area contributed by atoms with Crippen LogP contribution in [-0.2, 0) is 0 Å². The summed E-state index contributed by atoms with van der Waals surface area (Å²) in [5, 5.41) is 7.84. The first-order valence-corrected chi connectivity index (χ1v) is 9.04. The maximum absolute atomic E-state index is 12.6. The van der Waals surface area contributed by atoms with Crippen LogP contribution in [0.15, 0.2) is 4.79 Å². The molecule has 8 nitrogen and oxygen atoms in total. The van der Waals surface area contributed by atoms with E-state index in [-0.39, 0.29) is 17.5 Å². The Hall–Kier alpha value is -2.32. The van der Waals surface area contributed by atoms with Crippen molar-refractivity contribution in [3.8, 4) is 0 Å². The van der Waals surface area contributed by atoms with E-state index in [0.29, 0.717) is 36.0 Å². The highest BCUT2D eigenvalue weighted by molar-refractivity contribution is 6.13. The number of hydrogen-bond donors (Lipinski definition) is 2. The number of aromatic nitrogens is 4. The molecule has 2 aromatic heterocycles. The van der Waals surface area contributed by atoms with E-state index in [2.05, 4.69) is 15.3 Å². The number of nitrogens with zero attached hydrogens (tertiary/aromatic N) is 4. The number of H-pyrrole nitrogens is 1. The number of urea groups is 1. The summed E-state index contributed by atoms with van der Waals surface area (Å²) in [5.41, 5.74) is 1.31. The number of fused-ring (bicyclic) bond motifs is 1. The molecular weight excluding hydrogens is 319 g/mol. The number of nitrogens with one attached hydrogen (secondary N) is 2. The topological polar surface area (TPSA) is 95.9 Å². The van der Waals surface area contributed by atoms with Crippen molar-refractivity contribution in [2.45, 2.75) is 51.0 Å². The minimum atomic E-state index is -0.127. The lowest BCUT2D eigenvalue weighted by atomic mass is 9.96. The summed E-state index contributed by atoms with van der Waals surface area (Å²) in [4.78, 5) is 33.6. The lowest BCUT2D eigenvalue weighted by Crippen LogP contribution is -2.52. The van der Waals surface area contributed by atoms with Gasteiger partial charge in [0.2, 0.25) is 7.98 Å². The minimum Gasteiger partial charge on any atom is -0.388 e. The van der Waals surface area contributed by atoms with Crippen molar-refractivity contribution >= 4 is 25.0 Å². The number of likely N-dealkylation sites (tertiary alicyclic amines) is 1. The van der Waals surface area contributed by atoms with Gasteiger partial charge in [0, 0.05) is 13.1 Å². The summed E-state index contributed by atoms with van der Waals surface area (Å²) in [7, 11) is 1.62. The van der Waals surface area contributed by atoms with Gasteiger partial charge >= 0.3 is 6.03 Å². The molecule has 0 radical (unpaired) electrons. The van der Waals surface area contributed by atoms with E-state index < -0.39 is 0 Å². The number of amides is 2. The van der Waals surface area contributed by atoms with Gasteiger partial charge < -0.3 is 15.1 Å². The molecule has 0 unspecified atom stereocenters. The summed E-state index contributed by atoms with van der Waals surface area (Å²) < 4.78 is 1.97. The molecule has 1 aliphatic heterocycles. The van der Waals surface area contributed by atoms with E-state index in [1.54, 1.807) is 12.9 Å². The SMILES string of the molecule is BNC(=O)N1CC(c2nc3c(c(C)nn3C3CCCCC3)c(=O)[nH]2)C1. The molecule has 3 heterocycles. The Morgan fingerprint density at radius 1 is 1.28 bits per heavy atom. The van der Waals surface area contributed by atoms with Crippen molar-refractivity contribution in [2.24, 2.45) is 0 Å². The van der Waals surface area contributed by atoms with Crippen LogP contribution in [-0.4, -0.2) is 51.8 Å². The summed E-state index contributed by atoms with van der Waals surface area (Å²) in [6.45, 7) is 3.02. The third-order valence-electron chi connectivity index (χ3n) is 5.45. The normalized spacial score (nSPS) is 19.2. The molecule has 4 rings (SSSR count). The third-order valence-corrected chi connectivity index (χ3v) is 5.45. The van der Waals surface area contributed by atoms with Gasteiger partial charge in [-0.25, -0.2) is 9.67 Å². The van der Waals surface area contributed by atoms with Crippen LogP contribution < -0.4 is 10.8 Å². The molecule has 2 N–H and O–H groups in total. The zero-order chi connectivity index (χ0) is 17.6. The molecule has 2 amide bonds. The van der Waals surface area contributed by atoms with Crippen molar-refractivity contribution in [1.82, 2.24) is 29.9 Å². The van der Waals surface area contributed by atoms with Gasteiger partial charge in [0.25, 0.3) is 5.56 Å². The Kier molecular flexibility index (Phi) is 4.01. The lowest BCUT2D eigenvalue weighted by molar-refractivity contribution is 0.153. The molecule has 1 saturated heterocycles. The first-order chi connectivity index (χ1) is 12.1. The van der Waals surface area contributed by atoms with Crippen molar-refractivity contribution in [2.75, 3.05) is 13.1 Å². The van der Waals surface area contributed by atoms with Gasteiger partial charge in [-0.05, 0) is 19.8 Å². The van der Waals surface area contributed by atoms with Gasteiger partial charge in [0.05, 0.1) is 17.7 Å². The van der Waals surface area contributed by atoms with E-state index >= 15 is 0 Å². The van der Waals surface area contributed by atoms with Crippen LogP contribution >= 0.6 is 0 Å². The Labute approximate surface area is 146 Å². The molecule has 0 spiro atoms. The molecule has 1 aliphatic carbocycles. The molecular formula is C16H23BN6O2. The van der Waals surface area contributed by atoms with Gasteiger partial charge in [-0.1, -0.05) is 19.3 Å². The maximum Gasteiger partial charge on any atom is 0.304 e. The van der Waals surface area contributed by atoms with Crippen molar-refractivity contribution in [3.05, 3.63) is 21.9 Å². The molecule has 0 atom stereocenters. The van der Waals surface area contributed by atoms with Gasteiger partial charge in [0.15, 0.2) is 5.65 Å². The number of rotatable bonds is 2. The summed E-state index contributed by atoms with van der Waals surface area (Å²) >= 11 is 0. The summed E-state index contributed by atoms with van der Waals surface area (Å²) in [6, 6.07) is 0.235. The Bertz CT molecular complexity index is 863. The molecule has 9 heteroatoms. The highest BCUT2D eigenvalue weighted by atomic mass is 16.2. The van der Waals surface area contributed by atoms with Crippen molar-refractivity contribution in [1.29, 1.82) is 0 Å². The van der Waals surface area contributed by atoms with Crippen molar-refractivity contribution in [3.63, 3.8) is 0 Å². The molecule has 132 valence electrons. The van der Waals surface area contributed by atoms with Gasteiger partial charge in [0.1, 0.15) is 11.2 Å². The van der Waals surface area contributed by atoms with E-state index in [0.717, 1.165) is 18.5 Å². The third kappa shape index (κ3) is 2.71. The second-order valence-corrected chi connectivity index (χ2v) is 7.13. The Morgan fingerprint density at radius 2 is 2.00 bits per heavy atom. The molecule has 2 aliphatic rings. The van der Waals surface area contributed by atoms with Crippen LogP contribution in [0.2, 0.25) is 0 Å². The number of carbonyl (C=O) groups is 1. The zero-order valence-corrected chi connectivity index (χ0v) is 14.7. The fourth-order valence-electron chi connectivity index (χ4n) is 3.98. The standard InChI is InChI=1S/C16H23BN6O2/c1-9-12-14(23(21-9)11-5-3-2-4-6-11)18-13(19-15(12)24)10-7-22(8-10)16(25)20-17/h10-11H,2-8,17H2,1H3,(H,20,25)(H,18,19,24). The highest BCUT2D eigenvalue weighted by Gasteiger charge is 2.34. The Morgan fingerprint density at radius 3 is 2.68 bits per heavy atom. The van der Waals surface area contributed by atoms with Crippen LogP contribution in [0.4, 0.5) is 4.79 Å². The zero-order valence-electron chi connectivity index (χ0n) is 14.7. The molecule has 2 fully saturated rings. The van der Waals surface area contributed by atoms with Crippen LogP contribution in [0.3, 0.4) is 0 Å². The summed E-state index contributed by atoms with van der Waals surface area (Å²) in [5.74, 6) is 0.735. The van der Waals surface area contributed by atoms with Crippen LogP contribution in [0.1, 0.15) is 55.6 Å². The second kappa shape index (κ2) is 6.20. The quantitative estimate of drug-likeness (QED) is 0.781. The molecule has 0 aromatic carbocycles. The molecule has 2 aromatic rings. The first-order valence-electron chi connectivity index (χ1n) is 9.04. The fraction of sp³-hybridized carbons (Fsp3) is 0.625. The largest absolute Gasteiger partial charge is 0.388 e. The average Bonchev–Trinajstić information content (AvgIpc) is 2.91. The van der Waals surface area contributed by atoms with E-state index in [1.165, 1.54) is 19.3 Å². The first kappa shape index (κ1) is 16.2. The number of hydrogen-bond acceptors (Lipinski definition) is 4. The van der Waals surface area contributed by atoms with E-state index in [4.69, 9.17) is 4.98 Å². The predicted molar refractivity (Wildman–Crippen MR) is 96.4 cm³/mol. The van der Waals surface area contributed by atoms with Gasteiger partial charge in [-0.15, -0.1) is 0 Å². The Balaban J connectivity index is 1.68. The summed E-state index contributed by atoms with van der Waals surface area (Å²) in [6.07, 6.45) is 5.85. The fourth-order valence-corrected chi connectivity index (χ4v) is 3.98. The smallest absolute Gasteiger partial charge is 0.304 e. The van der Waals surface area contributed by atoms with E-state index in [9.17, 15) is 9.59 Å². The van der Waals surface area contributed by atoms with Crippen LogP contribution in [0.5, 0.6) is 0 Å². The molecule has 1 saturated carbocycles. The maximum atomic E-state index is 12.6. The van der Waals surface area contributed by atoms with Gasteiger partial charge in [-0.2, -0.15) is 5.10 Å². The van der Waals surface area contributed by atoms with E-state index in [1.807, 2.05) is 11.6 Å². The number of aromatic amines is 1. The van der Waals surface area contributed by atoms with Gasteiger partial charge in [-0.3, -0.25) is 9.59 Å². The molecule has 0 bridgehead atoms. The number of carbonyl (C=O) groups excluding carboxylic acids is 1. The van der Waals surface area contributed by atoms with Crippen LogP contribution in [0.25, 0.3) is 11.0 Å². The molecule has 25 heavy (non-hydrogen) atoms.